The predicted molar refractivity (Wildman–Crippen MR) is 56.6 cm³/mol. The molecule has 15 heavy (non-hydrogen) atoms. The minimum atomic E-state index is -0.226. The van der Waals surface area contributed by atoms with Gasteiger partial charge in [0.25, 0.3) is 11.3 Å². The maximum Gasteiger partial charge on any atom is 0.277 e. The maximum absolute atomic E-state index is 11.6. The lowest BCUT2D eigenvalue weighted by Crippen LogP contribution is -2.14. The molecule has 0 spiro atoms. The topological polar surface area (TPSA) is 72.3 Å². The Hall–Kier alpha value is -1.50. The Balaban J connectivity index is 2.60. The summed E-state index contributed by atoms with van der Waals surface area (Å²) >= 11 is 1.42. The lowest BCUT2D eigenvalue weighted by Gasteiger charge is -1.99. The molecule has 2 aromatic heterocycles. The molecule has 0 bridgehead atoms. The highest BCUT2D eigenvalue weighted by atomic mass is 32.2. The van der Waals surface area contributed by atoms with E-state index >= 15 is 0 Å². The van der Waals surface area contributed by atoms with Crippen LogP contribution in [0.5, 0.6) is 5.88 Å². The van der Waals surface area contributed by atoms with E-state index in [-0.39, 0.29) is 5.56 Å². The van der Waals surface area contributed by atoms with Crippen molar-refractivity contribution in [1.82, 2.24) is 19.6 Å². The number of aromatic nitrogens is 4. The number of rotatable bonds is 3. The van der Waals surface area contributed by atoms with Crippen molar-refractivity contribution < 1.29 is 4.74 Å². The van der Waals surface area contributed by atoms with Crippen LogP contribution in [0.25, 0.3) is 5.78 Å². The summed E-state index contributed by atoms with van der Waals surface area (Å²) in [7, 11) is 0. The lowest BCUT2D eigenvalue weighted by molar-refractivity contribution is 0.326. The van der Waals surface area contributed by atoms with Crippen molar-refractivity contribution in [1.29, 1.82) is 0 Å². The van der Waals surface area contributed by atoms with Gasteiger partial charge in [-0.3, -0.25) is 9.89 Å². The molecule has 0 aliphatic heterocycles. The monoisotopic (exact) mass is 226 g/mol. The normalized spacial score (nSPS) is 10.8. The summed E-state index contributed by atoms with van der Waals surface area (Å²) in [6.07, 6.45) is 1.87. The zero-order valence-electron chi connectivity index (χ0n) is 8.35. The van der Waals surface area contributed by atoms with Gasteiger partial charge in [-0.25, -0.2) is 0 Å². The molecule has 0 aliphatic carbocycles. The first-order valence-corrected chi connectivity index (χ1v) is 5.63. The van der Waals surface area contributed by atoms with Crippen LogP contribution >= 0.6 is 11.8 Å². The molecule has 0 aliphatic rings. The third-order valence-electron chi connectivity index (χ3n) is 1.77. The second kappa shape index (κ2) is 3.93. The minimum absolute atomic E-state index is 0.226. The van der Waals surface area contributed by atoms with Gasteiger partial charge in [0.1, 0.15) is 0 Å². The molecule has 0 fully saturated rings. The largest absolute Gasteiger partial charge is 0.478 e. The highest BCUT2D eigenvalue weighted by Gasteiger charge is 2.07. The number of thioether (sulfide) groups is 1. The molecule has 0 saturated carbocycles. The SMILES string of the molecule is CCOc1cc(=O)n2[nH]c(SC)nc2n1. The molecule has 0 saturated heterocycles. The van der Waals surface area contributed by atoms with Crippen molar-refractivity contribution in [2.45, 2.75) is 12.1 Å². The van der Waals surface area contributed by atoms with Gasteiger partial charge in [0, 0.05) is 0 Å². The zero-order chi connectivity index (χ0) is 10.8. The van der Waals surface area contributed by atoms with E-state index in [1.54, 1.807) is 0 Å². The molecule has 2 aromatic rings. The Bertz CT molecular complexity index is 533. The van der Waals surface area contributed by atoms with E-state index < -0.39 is 0 Å². The van der Waals surface area contributed by atoms with E-state index in [4.69, 9.17) is 4.74 Å². The molecule has 7 heteroatoms. The highest BCUT2D eigenvalue weighted by Crippen LogP contribution is 2.10. The average Bonchev–Trinajstić information content (AvgIpc) is 2.62. The van der Waals surface area contributed by atoms with E-state index in [1.807, 2.05) is 13.2 Å². The molecule has 2 rings (SSSR count). The molecule has 80 valence electrons. The first-order valence-electron chi connectivity index (χ1n) is 4.41. The Morgan fingerprint density at radius 3 is 3.07 bits per heavy atom. The summed E-state index contributed by atoms with van der Waals surface area (Å²) in [5.74, 6) is 0.636. The van der Waals surface area contributed by atoms with Crippen LogP contribution in [0.4, 0.5) is 0 Å². The molecule has 6 nitrogen and oxygen atoms in total. The van der Waals surface area contributed by atoms with Gasteiger partial charge >= 0.3 is 0 Å². The fraction of sp³-hybridized carbons (Fsp3) is 0.375. The molecule has 2 heterocycles. The van der Waals surface area contributed by atoms with Gasteiger partial charge in [-0.1, -0.05) is 11.8 Å². The highest BCUT2D eigenvalue weighted by molar-refractivity contribution is 7.98. The van der Waals surface area contributed by atoms with Crippen molar-refractivity contribution in [2.75, 3.05) is 12.9 Å². The number of nitrogens with one attached hydrogen (secondary N) is 1. The summed E-state index contributed by atoms with van der Waals surface area (Å²) in [5.41, 5.74) is -0.226. The van der Waals surface area contributed by atoms with Crippen LogP contribution in [0.15, 0.2) is 16.0 Å². The van der Waals surface area contributed by atoms with E-state index in [0.29, 0.717) is 23.4 Å². The fourth-order valence-electron chi connectivity index (χ4n) is 1.15. The second-order valence-corrected chi connectivity index (χ2v) is 3.53. The molecule has 0 radical (unpaired) electrons. The predicted octanol–water partition coefficient (Wildman–Crippen LogP) is 0.538. The molecular formula is C8H10N4O2S. The van der Waals surface area contributed by atoms with Gasteiger partial charge < -0.3 is 4.74 Å². The van der Waals surface area contributed by atoms with Crippen molar-refractivity contribution in [2.24, 2.45) is 0 Å². The standard InChI is InChI=1S/C8H10N4O2S/c1-3-14-5-4-6(13)12-7(9-5)10-8(11-12)15-2/h4H,3H2,1-2H3,(H,9,10,11). The van der Waals surface area contributed by atoms with Gasteiger partial charge in [-0.15, -0.1) is 0 Å². The Morgan fingerprint density at radius 2 is 2.40 bits per heavy atom. The Morgan fingerprint density at radius 1 is 1.60 bits per heavy atom. The number of hydrogen-bond donors (Lipinski definition) is 1. The lowest BCUT2D eigenvalue weighted by atomic mass is 10.6. The number of nitrogens with zero attached hydrogens (tertiary/aromatic N) is 3. The van der Waals surface area contributed by atoms with Crippen molar-refractivity contribution in [3.63, 3.8) is 0 Å². The molecule has 0 atom stereocenters. The first kappa shape index (κ1) is 10.0. The first-order chi connectivity index (χ1) is 7.24. The molecular weight excluding hydrogens is 216 g/mol. The second-order valence-electron chi connectivity index (χ2n) is 2.73. The average molecular weight is 226 g/mol. The third kappa shape index (κ3) is 1.82. The van der Waals surface area contributed by atoms with Crippen LogP contribution in [0.2, 0.25) is 0 Å². The van der Waals surface area contributed by atoms with Crippen LogP contribution in [-0.4, -0.2) is 32.4 Å². The molecule has 0 unspecified atom stereocenters. The summed E-state index contributed by atoms with van der Waals surface area (Å²) in [4.78, 5) is 19.8. The van der Waals surface area contributed by atoms with Gasteiger partial charge in [-0.05, 0) is 13.2 Å². The molecule has 0 aromatic carbocycles. The third-order valence-corrected chi connectivity index (χ3v) is 2.34. The van der Waals surface area contributed by atoms with Crippen molar-refractivity contribution in [3.05, 3.63) is 16.4 Å². The van der Waals surface area contributed by atoms with Crippen LogP contribution < -0.4 is 10.3 Å². The number of H-pyrrole nitrogens is 1. The summed E-state index contributed by atoms with van der Waals surface area (Å²) in [5, 5.41) is 3.47. The number of fused-ring (bicyclic) bond motifs is 1. The fourth-order valence-corrected chi connectivity index (χ4v) is 1.51. The van der Waals surface area contributed by atoms with E-state index in [1.165, 1.54) is 22.3 Å². The van der Waals surface area contributed by atoms with Crippen LogP contribution in [0.1, 0.15) is 6.92 Å². The molecule has 0 amide bonds. The Labute approximate surface area is 89.7 Å². The minimum Gasteiger partial charge on any atom is -0.478 e. The number of aromatic amines is 1. The van der Waals surface area contributed by atoms with Gasteiger partial charge in [-0.2, -0.15) is 14.5 Å². The van der Waals surface area contributed by atoms with E-state index in [0.717, 1.165) is 0 Å². The van der Waals surface area contributed by atoms with Crippen LogP contribution in [0, 0.1) is 0 Å². The van der Waals surface area contributed by atoms with E-state index in [2.05, 4.69) is 15.1 Å². The van der Waals surface area contributed by atoms with Crippen molar-refractivity contribution in [3.8, 4) is 5.88 Å². The summed E-state index contributed by atoms with van der Waals surface area (Å²) in [6.45, 7) is 2.31. The number of hydrogen-bond acceptors (Lipinski definition) is 5. The zero-order valence-corrected chi connectivity index (χ0v) is 9.17. The van der Waals surface area contributed by atoms with Gasteiger partial charge in [0.2, 0.25) is 5.88 Å². The van der Waals surface area contributed by atoms with Crippen LogP contribution in [0.3, 0.4) is 0 Å². The quantitative estimate of drug-likeness (QED) is 0.773. The Kier molecular flexibility index (Phi) is 2.63. The number of ether oxygens (including phenoxy) is 1. The van der Waals surface area contributed by atoms with E-state index in [9.17, 15) is 4.79 Å². The maximum atomic E-state index is 11.6. The van der Waals surface area contributed by atoms with Crippen LogP contribution in [-0.2, 0) is 0 Å². The molecule has 1 N–H and O–H groups in total. The van der Waals surface area contributed by atoms with Gasteiger partial charge in [0.15, 0.2) is 5.16 Å². The summed E-state index contributed by atoms with van der Waals surface area (Å²) in [6, 6.07) is 1.33. The summed E-state index contributed by atoms with van der Waals surface area (Å²) < 4.78 is 6.44. The smallest absolute Gasteiger partial charge is 0.277 e. The van der Waals surface area contributed by atoms with Crippen molar-refractivity contribution >= 4 is 17.5 Å². The van der Waals surface area contributed by atoms with Gasteiger partial charge in [0.05, 0.1) is 12.7 Å².